The molecule has 2 unspecified atom stereocenters. The maximum absolute atomic E-state index is 14.0. The number of benzene rings is 2. The van der Waals surface area contributed by atoms with E-state index in [0.717, 1.165) is 67.6 Å². The summed E-state index contributed by atoms with van der Waals surface area (Å²) in [5.74, 6) is 0.392. The van der Waals surface area contributed by atoms with Crippen LogP contribution in [0.15, 0.2) is 52.6 Å². The van der Waals surface area contributed by atoms with Gasteiger partial charge in [-0.15, -0.1) is 5.10 Å². The topological polar surface area (TPSA) is 140 Å². The van der Waals surface area contributed by atoms with Gasteiger partial charge in [0.2, 0.25) is 0 Å². The number of nitrogens with zero attached hydrogens (tertiary/aromatic N) is 6. The van der Waals surface area contributed by atoms with Gasteiger partial charge >= 0.3 is 0 Å². The molecular weight excluding hydrogens is 556 g/mol. The number of rotatable bonds is 9. The number of phenols is 1. The molecule has 11 nitrogen and oxygen atoms in total. The number of H-pyrrole nitrogens is 1. The Balaban J connectivity index is 1.32. The highest BCUT2D eigenvalue weighted by Crippen LogP contribution is 2.44. The lowest BCUT2D eigenvalue weighted by Gasteiger charge is -2.31. The average molecular weight is 597 g/mol. The fourth-order valence-corrected chi connectivity index (χ4v) is 6.51. The zero-order valence-electron chi connectivity index (χ0n) is 25.8. The van der Waals surface area contributed by atoms with Gasteiger partial charge in [0.05, 0.1) is 11.4 Å². The van der Waals surface area contributed by atoms with Crippen LogP contribution in [0.25, 0.3) is 0 Å². The highest BCUT2D eigenvalue weighted by atomic mass is 16.3. The number of nitrogens with one attached hydrogen (secondary N) is 2. The largest absolute Gasteiger partial charge is 0.505 e. The van der Waals surface area contributed by atoms with Crippen LogP contribution in [0.4, 0.5) is 11.4 Å². The average Bonchev–Trinajstić information content (AvgIpc) is 3.71. The van der Waals surface area contributed by atoms with Gasteiger partial charge in [0.1, 0.15) is 5.75 Å². The number of para-hydroxylation sites is 1. The zero-order chi connectivity index (χ0) is 31.0. The van der Waals surface area contributed by atoms with Crippen molar-refractivity contribution in [3.63, 3.8) is 0 Å². The number of anilines is 2. The van der Waals surface area contributed by atoms with Crippen molar-refractivity contribution in [1.29, 1.82) is 0 Å². The fourth-order valence-electron chi connectivity index (χ4n) is 6.51. The lowest BCUT2D eigenvalue weighted by Crippen LogP contribution is -2.49. The second-order valence-electron chi connectivity index (χ2n) is 12.3. The number of carbonyl (C=O) groups excluding carboxylic acids is 2. The Morgan fingerprint density at radius 3 is 2.55 bits per heavy atom. The molecule has 6 rings (SSSR count). The van der Waals surface area contributed by atoms with E-state index in [0.29, 0.717) is 35.1 Å². The highest BCUT2D eigenvalue weighted by Gasteiger charge is 2.40. The molecule has 3 aliphatic rings. The molecule has 2 aromatic carbocycles. The molecule has 0 bridgehead atoms. The molecule has 0 saturated heterocycles. The maximum atomic E-state index is 14.0. The number of aromatic hydroxyl groups is 1. The molecule has 2 amide bonds. The molecule has 3 N–H and O–H groups in total. The number of aromatic amines is 1. The third kappa shape index (κ3) is 5.76. The minimum absolute atomic E-state index is 0.108. The van der Waals surface area contributed by atoms with Gasteiger partial charge in [-0.25, -0.2) is 10.00 Å². The van der Waals surface area contributed by atoms with Crippen molar-refractivity contribution < 1.29 is 14.7 Å². The van der Waals surface area contributed by atoms with E-state index in [1.54, 1.807) is 13.0 Å². The number of hydrogen-bond acceptors (Lipinski definition) is 9. The SMILES string of the molecule is CCN(CC1=C(C)/C(=N\Nc2cccc(C3CCCC(c4nnn[nH]4)C3)c2O)C(=O)N(c2ccc(C)c(C)c2)C1=O)C1CC1. The van der Waals surface area contributed by atoms with Crippen LogP contribution in [0.1, 0.15) is 86.7 Å². The van der Waals surface area contributed by atoms with Crippen molar-refractivity contribution in [2.45, 2.75) is 84.1 Å². The summed E-state index contributed by atoms with van der Waals surface area (Å²) in [6.07, 6.45) is 5.96. The molecule has 0 spiro atoms. The molecule has 2 fully saturated rings. The molecule has 11 heteroatoms. The van der Waals surface area contributed by atoms with Crippen LogP contribution in [0.3, 0.4) is 0 Å². The maximum Gasteiger partial charge on any atom is 0.286 e. The van der Waals surface area contributed by atoms with Gasteiger partial charge in [-0.2, -0.15) is 5.10 Å². The first-order valence-corrected chi connectivity index (χ1v) is 15.6. The molecule has 2 aliphatic carbocycles. The fraction of sp³-hybridized carbons (Fsp3) is 0.455. The van der Waals surface area contributed by atoms with Crippen molar-refractivity contribution in [3.8, 4) is 5.75 Å². The molecule has 2 atom stereocenters. The first-order chi connectivity index (χ1) is 21.3. The third-order valence-electron chi connectivity index (χ3n) is 9.47. The van der Waals surface area contributed by atoms with E-state index in [9.17, 15) is 14.7 Å². The molecule has 2 heterocycles. The molecule has 230 valence electrons. The van der Waals surface area contributed by atoms with E-state index in [-0.39, 0.29) is 29.2 Å². The van der Waals surface area contributed by atoms with E-state index in [1.165, 1.54) is 4.90 Å². The second kappa shape index (κ2) is 12.3. The van der Waals surface area contributed by atoms with Crippen LogP contribution >= 0.6 is 0 Å². The Morgan fingerprint density at radius 1 is 1.05 bits per heavy atom. The second-order valence-corrected chi connectivity index (χ2v) is 12.3. The lowest BCUT2D eigenvalue weighted by molar-refractivity contribution is -0.121. The number of hydrazone groups is 1. The Labute approximate surface area is 257 Å². The standard InChI is InChI=1S/C33H40N8O3/c1-5-40(24-14-15-24)18-27-21(4)29(33(44)41(32(27)43)25-13-12-19(2)20(3)16-25)35-34-28-11-7-10-26(30(28)42)22-8-6-9-23(17-22)31-36-38-39-37-31/h7,10-13,16,22-24,34,42H,5-6,8-9,14-15,17-18H2,1-4H3,(H,36,37,38,39)/b35-29+. The predicted octanol–water partition coefficient (Wildman–Crippen LogP) is 5.11. The van der Waals surface area contributed by atoms with Crippen LogP contribution in [-0.2, 0) is 9.59 Å². The predicted molar refractivity (Wildman–Crippen MR) is 169 cm³/mol. The van der Waals surface area contributed by atoms with Gasteiger partial charge in [0.15, 0.2) is 11.5 Å². The summed E-state index contributed by atoms with van der Waals surface area (Å²) < 4.78 is 0. The van der Waals surface area contributed by atoms with E-state index in [4.69, 9.17) is 0 Å². The van der Waals surface area contributed by atoms with Gasteiger partial charge in [-0.05, 0) is 116 Å². The lowest BCUT2D eigenvalue weighted by atomic mass is 9.77. The number of amides is 2. The molecule has 1 aromatic heterocycles. The molecule has 0 radical (unpaired) electrons. The van der Waals surface area contributed by atoms with E-state index >= 15 is 0 Å². The smallest absolute Gasteiger partial charge is 0.286 e. The van der Waals surface area contributed by atoms with Gasteiger partial charge in [-0.3, -0.25) is 19.9 Å². The monoisotopic (exact) mass is 596 g/mol. The Bertz CT molecular complexity index is 1630. The molecule has 44 heavy (non-hydrogen) atoms. The third-order valence-corrected chi connectivity index (χ3v) is 9.47. The Kier molecular flexibility index (Phi) is 8.31. The number of aromatic nitrogens is 4. The number of tetrazole rings is 1. The molecular formula is C33H40N8O3. The van der Waals surface area contributed by atoms with Gasteiger partial charge in [0, 0.05) is 24.1 Å². The summed E-state index contributed by atoms with van der Waals surface area (Å²) in [5, 5.41) is 30.4. The van der Waals surface area contributed by atoms with E-state index < -0.39 is 5.91 Å². The van der Waals surface area contributed by atoms with Gasteiger partial charge in [-0.1, -0.05) is 31.5 Å². The summed E-state index contributed by atoms with van der Waals surface area (Å²) in [7, 11) is 0. The van der Waals surface area contributed by atoms with Crippen molar-refractivity contribution in [3.05, 3.63) is 70.1 Å². The normalized spacial score (nSPS) is 21.9. The number of aryl methyl sites for hydroxylation is 2. The van der Waals surface area contributed by atoms with Crippen LogP contribution in [-0.4, -0.2) is 67.3 Å². The quantitative estimate of drug-likeness (QED) is 0.176. The van der Waals surface area contributed by atoms with Gasteiger partial charge in [0.25, 0.3) is 11.8 Å². The summed E-state index contributed by atoms with van der Waals surface area (Å²) in [6, 6.07) is 11.6. The summed E-state index contributed by atoms with van der Waals surface area (Å²) >= 11 is 0. The minimum Gasteiger partial charge on any atom is -0.505 e. The van der Waals surface area contributed by atoms with Crippen molar-refractivity contribution in [2.24, 2.45) is 5.10 Å². The number of hydrogen-bond donors (Lipinski definition) is 3. The van der Waals surface area contributed by atoms with Crippen molar-refractivity contribution >= 4 is 28.9 Å². The van der Waals surface area contributed by atoms with E-state index in [1.807, 2.05) is 44.2 Å². The number of likely N-dealkylation sites (N-methyl/N-ethyl adjacent to an activating group) is 1. The van der Waals surface area contributed by atoms with Gasteiger partial charge < -0.3 is 5.11 Å². The number of carbonyl (C=O) groups is 2. The number of imide groups is 1. The van der Waals surface area contributed by atoms with Crippen LogP contribution in [0.2, 0.25) is 0 Å². The Hall–Kier alpha value is -4.38. The van der Waals surface area contributed by atoms with Crippen LogP contribution < -0.4 is 10.3 Å². The number of phenolic OH excluding ortho intramolecular Hbond substituents is 1. The van der Waals surface area contributed by atoms with E-state index in [2.05, 4.69) is 43.0 Å². The first kappa shape index (κ1) is 29.7. The molecule has 3 aromatic rings. The highest BCUT2D eigenvalue weighted by molar-refractivity contribution is 6.57. The molecule has 2 saturated carbocycles. The van der Waals surface area contributed by atoms with Crippen molar-refractivity contribution in [2.75, 3.05) is 23.4 Å². The molecule has 1 aliphatic heterocycles. The Morgan fingerprint density at radius 2 is 1.84 bits per heavy atom. The van der Waals surface area contributed by atoms with Crippen molar-refractivity contribution in [1.82, 2.24) is 25.5 Å². The summed E-state index contributed by atoms with van der Waals surface area (Å²) in [5.41, 5.74) is 8.08. The summed E-state index contributed by atoms with van der Waals surface area (Å²) in [6.45, 7) is 9.11. The first-order valence-electron chi connectivity index (χ1n) is 15.6. The van der Waals surface area contributed by atoms with Crippen LogP contribution in [0, 0.1) is 13.8 Å². The minimum atomic E-state index is -0.493. The summed E-state index contributed by atoms with van der Waals surface area (Å²) in [4.78, 5) is 31.4. The van der Waals surface area contributed by atoms with Crippen LogP contribution in [0.5, 0.6) is 5.75 Å². The zero-order valence-corrected chi connectivity index (χ0v) is 25.8.